The van der Waals surface area contributed by atoms with Gasteiger partial charge < -0.3 is 30.3 Å². The van der Waals surface area contributed by atoms with E-state index in [2.05, 4.69) is 10.6 Å². The normalized spacial score (nSPS) is 19.5. The van der Waals surface area contributed by atoms with E-state index in [0.717, 1.165) is 17.0 Å². The van der Waals surface area contributed by atoms with Crippen LogP contribution in [0.15, 0.2) is 36.4 Å². The Hall–Kier alpha value is -4.30. The predicted octanol–water partition coefficient (Wildman–Crippen LogP) is 0.888. The molecular formula is C25H26F2N4O8. The monoisotopic (exact) mass is 548 g/mol. The van der Waals surface area contributed by atoms with Crippen molar-refractivity contribution in [2.45, 2.75) is 25.2 Å². The number of anilines is 2. The summed E-state index contributed by atoms with van der Waals surface area (Å²) in [4.78, 5) is 49.5. The third-order valence-corrected chi connectivity index (χ3v) is 6.13. The fourth-order valence-electron chi connectivity index (χ4n) is 4.13. The number of carbonyl (C=O) groups excluding carboxylic acids is 4. The number of nitrogens with zero attached hydrogens (tertiary/aromatic N) is 2. The summed E-state index contributed by atoms with van der Waals surface area (Å²) in [6, 6.07) is 7.60. The van der Waals surface area contributed by atoms with Gasteiger partial charge in [0.25, 0.3) is 5.91 Å². The highest BCUT2D eigenvalue weighted by molar-refractivity contribution is 5.91. The van der Waals surface area contributed by atoms with Crippen molar-refractivity contribution in [1.82, 2.24) is 10.6 Å². The van der Waals surface area contributed by atoms with Crippen molar-refractivity contribution in [3.8, 4) is 11.1 Å². The van der Waals surface area contributed by atoms with E-state index in [9.17, 15) is 24.3 Å². The summed E-state index contributed by atoms with van der Waals surface area (Å²) in [5.41, 5.74) is 0.197. The first kappa shape index (κ1) is 27.7. The number of aliphatic hydroxyl groups excluding tert-OH is 2. The van der Waals surface area contributed by atoms with Crippen molar-refractivity contribution >= 4 is 35.4 Å². The largest absolute Gasteiger partial charge is 0.442 e. The number of benzene rings is 2. The summed E-state index contributed by atoms with van der Waals surface area (Å²) >= 11 is 0. The number of aliphatic hydroxyl groups is 2. The molecule has 2 fully saturated rings. The molecule has 2 aliphatic rings. The summed E-state index contributed by atoms with van der Waals surface area (Å²) in [6.07, 6.45) is -4.48. The Morgan fingerprint density at radius 1 is 0.923 bits per heavy atom. The van der Waals surface area contributed by atoms with Gasteiger partial charge in [-0.3, -0.25) is 19.4 Å². The highest BCUT2D eigenvalue weighted by atomic mass is 19.1. The maximum Gasteiger partial charge on any atom is 0.414 e. The van der Waals surface area contributed by atoms with Gasteiger partial charge in [0, 0.05) is 18.1 Å². The number of amides is 4. The summed E-state index contributed by atoms with van der Waals surface area (Å²) in [7, 11) is 0. The number of rotatable bonds is 9. The molecule has 4 amide bonds. The quantitative estimate of drug-likeness (QED) is 0.360. The molecule has 0 unspecified atom stereocenters. The van der Waals surface area contributed by atoms with Gasteiger partial charge in [-0.05, 0) is 36.4 Å². The fraction of sp³-hybridized carbons (Fsp3) is 0.360. The summed E-state index contributed by atoms with van der Waals surface area (Å²) in [5.74, 6) is -2.72. The minimum atomic E-state index is -1.61. The first-order chi connectivity index (χ1) is 18.6. The SMILES string of the molecule is CC(=O)NC[C@@H]1CN(c2ccc(-c3ccc(N4C[C@H](CNC(=O)[C@@H](O)CO)OC4=O)cc3F)c(F)c2)C(=O)O1. The van der Waals surface area contributed by atoms with Gasteiger partial charge >= 0.3 is 12.2 Å². The minimum Gasteiger partial charge on any atom is -0.442 e. The Morgan fingerprint density at radius 3 is 1.79 bits per heavy atom. The number of ether oxygens (including phenoxy) is 2. The Balaban J connectivity index is 1.43. The lowest BCUT2D eigenvalue weighted by molar-refractivity contribution is -0.131. The van der Waals surface area contributed by atoms with Gasteiger partial charge in [0.15, 0.2) is 6.10 Å². The second-order valence-electron chi connectivity index (χ2n) is 8.94. The van der Waals surface area contributed by atoms with Gasteiger partial charge in [-0.25, -0.2) is 18.4 Å². The van der Waals surface area contributed by atoms with Crippen LogP contribution in [0, 0.1) is 11.6 Å². The van der Waals surface area contributed by atoms with Crippen LogP contribution in [0.2, 0.25) is 0 Å². The summed E-state index contributed by atoms with van der Waals surface area (Å²) in [6.45, 7) is 0.627. The molecule has 0 aromatic heterocycles. The first-order valence-corrected chi connectivity index (χ1v) is 11.9. The van der Waals surface area contributed by atoms with Gasteiger partial charge in [0.1, 0.15) is 23.8 Å². The summed E-state index contributed by atoms with van der Waals surface area (Å²) in [5, 5.41) is 23.0. The van der Waals surface area contributed by atoms with Crippen molar-refractivity contribution in [3.05, 3.63) is 48.0 Å². The summed E-state index contributed by atoms with van der Waals surface area (Å²) < 4.78 is 40.4. The smallest absolute Gasteiger partial charge is 0.414 e. The van der Waals surface area contributed by atoms with Crippen molar-refractivity contribution in [1.29, 1.82) is 0 Å². The first-order valence-electron chi connectivity index (χ1n) is 11.9. The van der Waals surface area contributed by atoms with E-state index in [1.54, 1.807) is 0 Å². The van der Waals surface area contributed by atoms with Crippen LogP contribution in [0.4, 0.5) is 29.7 Å². The second kappa shape index (κ2) is 11.6. The number of hydrogen-bond acceptors (Lipinski definition) is 8. The molecule has 2 aromatic rings. The van der Waals surface area contributed by atoms with Crippen molar-refractivity contribution in [3.63, 3.8) is 0 Å². The molecule has 2 aromatic carbocycles. The second-order valence-corrected chi connectivity index (χ2v) is 8.94. The van der Waals surface area contributed by atoms with Crippen LogP contribution in [0.25, 0.3) is 11.1 Å². The van der Waals surface area contributed by atoms with E-state index in [1.165, 1.54) is 36.1 Å². The number of cyclic esters (lactones) is 2. The maximum absolute atomic E-state index is 15.1. The molecule has 2 saturated heterocycles. The molecule has 0 saturated carbocycles. The van der Waals surface area contributed by atoms with Crippen LogP contribution in [0.1, 0.15) is 6.92 Å². The number of hydrogen-bond donors (Lipinski definition) is 4. The predicted molar refractivity (Wildman–Crippen MR) is 132 cm³/mol. The van der Waals surface area contributed by atoms with E-state index < -0.39 is 54.6 Å². The van der Waals surface area contributed by atoms with Crippen molar-refractivity contribution in [2.75, 3.05) is 42.6 Å². The molecular weight excluding hydrogens is 522 g/mol. The molecule has 0 aliphatic carbocycles. The molecule has 3 atom stereocenters. The Labute approximate surface area is 221 Å². The molecule has 0 bridgehead atoms. The van der Waals surface area contributed by atoms with Crippen molar-refractivity contribution in [2.24, 2.45) is 0 Å². The van der Waals surface area contributed by atoms with E-state index in [1.807, 2.05) is 0 Å². The fourth-order valence-corrected chi connectivity index (χ4v) is 4.13. The molecule has 0 radical (unpaired) electrons. The van der Waals surface area contributed by atoms with Crippen LogP contribution in [-0.2, 0) is 19.1 Å². The van der Waals surface area contributed by atoms with E-state index in [0.29, 0.717) is 0 Å². The Morgan fingerprint density at radius 2 is 1.38 bits per heavy atom. The van der Waals surface area contributed by atoms with Gasteiger partial charge in [-0.2, -0.15) is 0 Å². The lowest BCUT2D eigenvalue weighted by atomic mass is 10.0. The average molecular weight is 548 g/mol. The third-order valence-electron chi connectivity index (χ3n) is 6.13. The van der Waals surface area contributed by atoms with Gasteiger partial charge in [-0.1, -0.05) is 0 Å². The van der Waals surface area contributed by atoms with Gasteiger partial charge in [0.2, 0.25) is 5.91 Å². The van der Waals surface area contributed by atoms with Crippen LogP contribution < -0.4 is 20.4 Å². The highest BCUT2D eigenvalue weighted by Gasteiger charge is 2.34. The third kappa shape index (κ3) is 6.23. The van der Waals surface area contributed by atoms with Crippen LogP contribution in [-0.4, -0.2) is 85.3 Å². The van der Waals surface area contributed by atoms with Crippen molar-refractivity contribution < 1.29 is 47.6 Å². The number of carbonyl (C=O) groups is 4. The molecule has 208 valence electrons. The number of halogens is 2. The van der Waals surface area contributed by atoms with Crippen LogP contribution >= 0.6 is 0 Å². The zero-order chi connectivity index (χ0) is 28.3. The van der Waals surface area contributed by atoms with E-state index >= 15 is 8.78 Å². The average Bonchev–Trinajstić information content (AvgIpc) is 3.47. The molecule has 12 nitrogen and oxygen atoms in total. The topological polar surface area (TPSA) is 158 Å². The molecule has 2 aliphatic heterocycles. The lowest BCUT2D eigenvalue weighted by Gasteiger charge is -2.16. The standard InChI is InChI=1S/C25H26F2N4O8/c1-13(33)28-8-16-10-30(24(36)38-16)14-2-4-18(20(26)6-14)19-5-3-15(7-21(19)27)31-11-17(39-25(31)37)9-29-23(35)22(34)12-32/h2-7,16-17,22,32,34H,8-12H2,1H3,(H,28,33)(H,29,35)/t16-,17+,22+/m1/s1. The maximum atomic E-state index is 15.1. The Kier molecular flexibility index (Phi) is 8.26. The molecule has 14 heteroatoms. The molecule has 4 rings (SSSR count). The highest BCUT2D eigenvalue weighted by Crippen LogP contribution is 2.33. The zero-order valence-corrected chi connectivity index (χ0v) is 20.7. The Bertz CT molecular complexity index is 1290. The van der Waals surface area contributed by atoms with Crippen LogP contribution in [0.5, 0.6) is 0 Å². The van der Waals surface area contributed by atoms with E-state index in [-0.39, 0.29) is 54.6 Å². The lowest BCUT2D eigenvalue weighted by Crippen LogP contribution is -2.41. The molecule has 0 spiro atoms. The molecule has 2 heterocycles. The zero-order valence-electron chi connectivity index (χ0n) is 20.7. The number of nitrogens with one attached hydrogen (secondary N) is 2. The van der Waals surface area contributed by atoms with Gasteiger partial charge in [0.05, 0.1) is 44.2 Å². The van der Waals surface area contributed by atoms with Crippen LogP contribution in [0.3, 0.4) is 0 Å². The van der Waals surface area contributed by atoms with E-state index in [4.69, 9.17) is 14.6 Å². The molecule has 39 heavy (non-hydrogen) atoms. The van der Waals surface area contributed by atoms with Gasteiger partial charge in [-0.15, -0.1) is 0 Å². The minimum absolute atomic E-state index is 0.0228. The molecule has 4 N–H and O–H groups in total.